The highest BCUT2D eigenvalue weighted by Crippen LogP contribution is 2.24. The number of hydrogen-bond donors (Lipinski definition) is 1. The van der Waals surface area contributed by atoms with Crippen LogP contribution < -0.4 is 5.73 Å². The van der Waals surface area contributed by atoms with E-state index in [1.54, 1.807) is 13.0 Å². The Morgan fingerprint density at radius 3 is 2.69 bits per heavy atom. The molecule has 2 N–H and O–H groups in total. The van der Waals surface area contributed by atoms with Gasteiger partial charge in [0.1, 0.15) is 17.7 Å². The maximum absolute atomic E-state index is 13.6. The molecular formula is C18H25FN6O. The molecule has 0 aliphatic carbocycles. The smallest absolute Gasteiger partial charge is 0.247 e. The molecule has 1 aromatic carbocycles. The molecule has 1 aliphatic rings. The van der Waals surface area contributed by atoms with Crippen LogP contribution >= 0.6 is 0 Å². The maximum Gasteiger partial charge on any atom is 0.247 e. The fraction of sp³-hybridized carbons (Fsp3) is 0.556. The van der Waals surface area contributed by atoms with Crippen LogP contribution in [0.2, 0.25) is 0 Å². The number of piperidine rings is 1. The van der Waals surface area contributed by atoms with Crippen molar-refractivity contribution in [3.8, 4) is 0 Å². The summed E-state index contributed by atoms with van der Waals surface area (Å²) in [6, 6.07) is 5.85. The molecule has 2 atom stereocenters. The number of rotatable bonds is 5. The second kappa shape index (κ2) is 7.90. The van der Waals surface area contributed by atoms with Crippen LogP contribution in [0.1, 0.15) is 37.2 Å². The minimum Gasteiger partial charge on any atom is -0.341 e. The van der Waals surface area contributed by atoms with Gasteiger partial charge in [-0.05, 0) is 60.7 Å². The van der Waals surface area contributed by atoms with E-state index in [1.165, 1.54) is 16.8 Å². The number of benzene rings is 1. The predicted molar refractivity (Wildman–Crippen MR) is 94.6 cm³/mol. The van der Waals surface area contributed by atoms with Crippen LogP contribution in [0.5, 0.6) is 0 Å². The first-order valence-corrected chi connectivity index (χ1v) is 8.99. The molecule has 0 saturated carbocycles. The van der Waals surface area contributed by atoms with Gasteiger partial charge >= 0.3 is 0 Å². The van der Waals surface area contributed by atoms with E-state index in [0.29, 0.717) is 31.3 Å². The van der Waals surface area contributed by atoms with Gasteiger partial charge in [-0.15, -0.1) is 5.10 Å². The van der Waals surface area contributed by atoms with Crippen molar-refractivity contribution in [2.24, 2.45) is 11.7 Å². The van der Waals surface area contributed by atoms with Crippen molar-refractivity contribution in [2.45, 2.75) is 45.2 Å². The molecule has 8 heteroatoms. The van der Waals surface area contributed by atoms with E-state index < -0.39 is 6.04 Å². The number of likely N-dealkylation sites (tertiary alicyclic amines) is 1. The van der Waals surface area contributed by atoms with Crippen molar-refractivity contribution in [3.63, 3.8) is 0 Å². The largest absolute Gasteiger partial charge is 0.341 e. The zero-order valence-corrected chi connectivity index (χ0v) is 15.2. The molecule has 2 heterocycles. The summed E-state index contributed by atoms with van der Waals surface area (Å²) >= 11 is 0. The summed E-state index contributed by atoms with van der Waals surface area (Å²) in [5.41, 5.74) is 6.73. The van der Waals surface area contributed by atoms with Crippen LogP contribution in [0, 0.1) is 18.7 Å². The highest BCUT2D eigenvalue weighted by atomic mass is 19.1. The number of tetrazole rings is 1. The van der Waals surface area contributed by atoms with Gasteiger partial charge in [-0.3, -0.25) is 4.79 Å². The lowest BCUT2D eigenvalue weighted by Crippen LogP contribution is -2.46. The molecule has 0 spiro atoms. The minimum absolute atomic E-state index is 0.0345. The number of amides is 1. The highest BCUT2D eigenvalue weighted by molar-refractivity contribution is 5.80. The first-order valence-electron chi connectivity index (χ1n) is 8.99. The topological polar surface area (TPSA) is 89.9 Å². The van der Waals surface area contributed by atoms with Crippen LogP contribution in [0.25, 0.3) is 0 Å². The summed E-state index contributed by atoms with van der Waals surface area (Å²) in [5.74, 6) is 0.647. The molecule has 1 fully saturated rings. The Hall–Kier alpha value is -2.35. The molecule has 2 aromatic rings. The average molecular weight is 360 g/mol. The van der Waals surface area contributed by atoms with Crippen molar-refractivity contribution < 1.29 is 9.18 Å². The van der Waals surface area contributed by atoms with Gasteiger partial charge in [0.05, 0.1) is 0 Å². The summed E-state index contributed by atoms with van der Waals surface area (Å²) in [4.78, 5) is 15.1. The molecule has 0 bridgehead atoms. The van der Waals surface area contributed by atoms with Crippen molar-refractivity contribution in [1.82, 2.24) is 25.1 Å². The van der Waals surface area contributed by atoms with Gasteiger partial charge in [-0.25, -0.2) is 9.07 Å². The normalized spacial score (nSPS) is 17.9. The quantitative estimate of drug-likeness (QED) is 0.872. The van der Waals surface area contributed by atoms with Gasteiger partial charge in [-0.2, -0.15) is 0 Å². The number of aromatic nitrogens is 4. The van der Waals surface area contributed by atoms with Crippen LogP contribution in [0.3, 0.4) is 0 Å². The Balaban J connectivity index is 1.80. The van der Waals surface area contributed by atoms with Crippen molar-refractivity contribution >= 4 is 5.91 Å². The van der Waals surface area contributed by atoms with Crippen molar-refractivity contribution in [2.75, 3.05) is 13.1 Å². The fourth-order valence-electron chi connectivity index (χ4n) is 3.55. The van der Waals surface area contributed by atoms with Gasteiger partial charge in [0.15, 0.2) is 0 Å². The number of halogens is 1. The predicted octanol–water partition coefficient (Wildman–Crippen LogP) is 1.49. The molecule has 140 valence electrons. The first kappa shape index (κ1) is 18.4. The standard InChI is InChI=1S/C18H25FN6O/c1-12(20)15-6-8-24(9-7-15)18(26)17(25-13(2)21-22-23-25)11-14-4-3-5-16(19)10-14/h3-5,10,12,15,17H,6-9,11,20H2,1-2H3. The van der Waals surface area contributed by atoms with E-state index in [4.69, 9.17) is 5.73 Å². The zero-order chi connectivity index (χ0) is 18.7. The molecular weight excluding hydrogens is 335 g/mol. The molecule has 26 heavy (non-hydrogen) atoms. The number of nitrogens with zero attached hydrogens (tertiary/aromatic N) is 5. The fourth-order valence-corrected chi connectivity index (χ4v) is 3.55. The number of nitrogens with two attached hydrogens (primary N) is 1. The molecule has 3 rings (SSSR count). The van der Waals surface area contributed by atoms with Gasteiger partial charge in [0, 0.05) is 25.6 Å². The zero-order valence-electron chi connectivity index (χ0n) is 15.2. The van der Waals surface area contributed by atoms with Gasteiger partial charge in [-0.1, -0.05) is 12.1 Å². The van der Waals surface area contributed by atoms with Gasteiger partial charge in [0.2, 0.25) is 5.91 Å². The van der Waals surface area contributed by atoms with E-state index in [9.17, 15) is 9.18 Å². The lowest BCUT2D eigenvalue weighted by atomic mass is 9.90. The van der Waals surface area contributed by atoms with Crippen LogP contribution in [-0.2, 0) is 11.2 Å². The summed E-state index contributed by atoms with van der Waals surface area (Å²) in [6.07, 6.45) is 2.13. The van der Waals surface area contributed by atoms with Crippen molar-refractivity contribution in [3.05, 3.63) is 41.5 Å². The molecule has 2 unspecified atom stereocenters. The maximum atomic E-state index is 13.6. The third-order valence-electron chi connectivity index (χ3n) is 5.15. The lowest BCUT2D eigenvalue weighted by molar-refractivity contribution is -0.136. The molecule has 7 nitrogen and oxygen atoms in total. The Morgan fingerprint density at radius 2 is 2.12 bits per heavy atom. The van der Waals surface area contributed by atoms with E-state index in [-0.39, 0.29) is 17.8 Å². The SMILES string of the molecule is Cc1nnnn1C(Cc1cccc(F)c1)C(=O)N1CCC(C(C)N)CC1. The van der Waals surface area contributed by atoms with E-state index >= 15 is 0 Å². The van der Waals surface area contributed by atoms with E-state index in [2.05, 4.69) is 15.5 Å². The molecule has 1 aromatic heterocycles. The van der Waals surface area contributed by atoms with Crippen molar-refractivity contribution in [1.29, 1.82) is 0 Å². The number of carbonyl (C=O) groups excluding carboxylic acids is 1. The van der Waals surface area contributed by atoms with Crippen LogP contribution in [-0.4, -0.2) is 50.1 Å². The number of carbonyl (C=O) groups is 1. The van der Waals surface area contributed by atoms with E-state index in [0.717, 1.165) is 18.4 Å². The van der Waals surface area contributed by atoms with Gasteiger partial charge < -0.3 is 10.6 Å². The third kappa shape index (κ3) is 4.07. The number of aryl methyl sites for hydroxylation is 1. The summed E-state index contributed by atoms with van der Waals surface area (Å²) in [7, 11) is 0. The Kier molecular flexibility index (Phi) is 5.61. The Bertz CT molecular complexity index is 754. The van der Waals surface area contributed by atoms with Crippen LogP contribution in [0.15, 0.2) is 24.3 Å². The average Bonchev–Trinajstić information content (AvgIpc) is 3.05. The molecule has 1 saturated heterocycles. The second-order valence-electron chi connectivity index (χ2n) is 7.04. The van der Waals surface area contributed by atoms with Crippen LogP contribution in [0.4, 0.5) is 4.39 Å². The van der Waals surface area contributed by atoms with Gasteiger partial charge in [0.25, 0.3) is 0 Å². The Morgan fingerprint density at radius 1 is 1.38 bits per heavy atom. The minimum atomic E-state index is -0.585. The third-order valence-corrected chi connectivity index (χ3v) is 5.15. The molecule has 0 radical (unpaired) electrons. The highest BCUT2D eigenvalue weighted by Gasteiger charge is 2.32. The monoisotopic (exact) mass is 360 g/mol. The second-order valence-corrected chi connectivity index (χ2v) is 7.04. The lowest BCUT2D eigenvalue weighted by Gasteiger charge is -2.35. The first-order chi connectivity index (χ1) is 12.5. The molecule has 1 aliphatic heterocycles. The number of hydrogen-bond acceptors (Lipinski definition) is 5. The Labute approximate surface area is 152 Å². The molecule has 1 amide bonds. The summed E-state index contributed by atoms with van der Waals surface area (Å²) in [5, 5.41) is 11.6. The summed E-state index contributed by atoms with van der Waals surface area (Å²) in [6.45, 7) is 5.12. The van der Waals surface area contributed by atoms with E-state index in [1.807, 2.05) is 17.9 Å². The summed E-state index contributed by atoms with van der Waals surface area (Å²) < 4.78 is 15.1.